The van der Waals surface area contributed by atoms with E-state index in [1.54, 1.807) is 0 Å². The second-order valence-corrected chi connectivity index (χ2v) is 8.48. The quantitative estimate of drug-likeness (QED) is 0.644. The maximum Gasteiger partial charge on any atom is 0.341 e. The van der Waals surface area contributed by atoms with Gasteiger partial charge < -0.3 is 5.32 Å². The van der Waals surface area contributed by atoms with Crippen molar-refractivity contribution in [3.05, 3.63) is 101 Å². The standard InChI is InChI=1S/C22H19F2NO3S/c1-15-7-9-17(10-8-15)20(16-5-3-2-4-6-16)25-21(26)18-11-13-19(14-12-18)29(27,28)22(23)24/h2-14,20,22H,1H3,(H,25,26)/t20-/m1/s1. The van der Waals surface area contributed by atoms with Crippen LogP contribution in [0.5, 0.6) is 0 Å². The number of carbonyl (C=O) groups excluding carboxylic acids is 1. The van der Waals surface area contributed by atoms with Gasteiger partial charge in [-0.3, -0.25) is 4.79 Å². The van der Waals surface area contributed by atoms with Crippen LogP contribution in [-0.2, 0) is 9.84 Å². The van der Waals surface area contributed by atoms with Gasteiger partial charge in [-0.15, -0.1) is 0 Å². The third-order valence-electron chi connectivity index (χ3n) is 4.50. The highest BCUT2D eigenvalue weighted by Gasteiger charge is 2.26. The molecule has 0 fully saturated rings. The van der Waals surface area contributed by atoms with Gasteiger partial charge in [0.05, 0.1) is 10.9 Å². The van der Waals surface area contributed by atoms with Gasteiger partial charge in [0.2, 0.25) is 9.84 Å². The number of hydrogen-bond donors (Lipinski definition) is 1. The molecule has 0 spiro atoms. The van der Waals surface area contributed by atoms with E-state index in [4.69, 9.17) is 0 Å². The van der Waals surface area contributed by atoms with Crippen LogP contribution in [0.1, 0.15) is 33.1 Å². The first-order valence-electron chi connectivity index (χ1n) is 8.83. The van der Waals surface area contributed by atoms with E-state index in [2.05, 4.69) is 5.32 Å². The largest absolute Gasteiger partial charge is 0.341 e. The molecule has 4 nitrogen and oxygen atoms in total. The van der Waals surface area contributed by atoms with Gasteiger partial charge in [0.25, 0.3) is 5.91 Å². The first-order valence-corrected chi connectivity index (χ1v) is 10.4. The van der Waals surface area contributed by atoms with Gasteiger partial charge in [0.15, 0.2) is 0 Å². The first-order chi connectivity index (χ1) is 13.8. The normalized spacial score (nSPS) is 12.6. The maximum atomic E-state index is 12.8. The number of alkyl halides is 2. The molecular weight excluding hydrogens is 396 g/mol. The third kappa shape index (κ3) is 4.68. The number of amides is 1. The highest BCUT2D eigenvalue weighted by Crippen LogP contribution is 2.24. The Morgan fingerprint density at radius 3 is 1.93 bits per heavy atom. The summed E-state index contributed by atoms with van der Waals surface area (Å²) < 4.78 is 48.4. The molecule has 0 heterocycles. The van der Waals surface area contributed by atoms with Crippen LogP contribution in [0.25, 0.3) is 0 Å². The fourth-order valence-electron chi connectivity index (χ4n) is 2.88. The summed E-state index contributed by atoms with van der Waals surface area (Å²) in [6.45, 7) is 1.97. The second kappa shape index (κ2) is 8.53. The van der Waals surface area contributed by atoms with Crippen LogP contribution in [0.15, 0.2) is 83.8 Å². The topological polar surface area (TPSA) is 63.2 Å². The van der Waals surface area contributed by atoms with Crippen LogP contribution in [0, 0.1) is 6.92 Å². The van der Waals surface area contributed by atoms with Gasteiger partial charge in [-0.2, -0.15) is 8.78 Å². The summed E-state index contributed by atoms with van der Waals surface area (Å²) in [6, 6.07) is 21.2. The lowest BCUT2D eigenvalue weighted by molar-refractivity contribution is 0.0943. The van der Waals surface area contributed by atoms with Crippen LogP contribution in [0.3, 0.4) is 0 Å². The van der Waals surface area contributed by atoms with Gasteiger partial charge in [-0.05, 0) is 42.3 Å². The molecule has 0 aliphatic rings. The number of aryl methyl sites for hydroxylation is 1. The van der Waals surface area contributed by atoms with E-state index in [-0.39, 0.29) is 5.56 Å². The number of hydrogen-bond acceptors (Lipinski definition) is 3. The summed E-state index contributed by atoms with van der Waals surface area (Å²) in [7, 11) is -4.70. The van der Waals surface area contributed by atoms with E-state index in [0.717, 1.165) is 28.8 Å². The minimum atomic E-state index is -4.70. The minimum absolute atomic E-state index is 0.172. The first kappa shape index (κ1) is 20.7. The molecule has 3 rings (SSSR count). The summed E-state index contributed by atoms with van der Waals surface area (Å²) in [5.41, 5.74) is 3.02. The molecule has 1 amide bonds. The lowest BCUT2D eigenvalue weighted by atomic mass is 9.97. The molecule has 1 N–H and O–H groups in total. The van der Waals surface area contributed by atoms with Gasteiger partial charge in [-0.25, -0.2) is 8.42 Å². The molecule has 0 aliphatic heterocycles. The van der Waals surface area contributed by atoms with Gasteiger partial charge in [0, 0.05) is 5.56 Å². The van der Waals surface area contributed by atoms with Crippen molar-refractivity contribution in [3.8, 4) is 0 Å². The molecule has 0 radical (unpaired) electrons. The number of benzene rings is 3. The van der Waals surface area contributed by atoms with E-state index < -0.39 is 32.4 Å². The Bertz CT molecular complexity index is 1080. The highest BCUT2D eigenvalue weighted by atomic mass is 32.2. The molecule has 150 valence electrons. The molecule has 1 atom stereocenters. The molecular formula is C22H19F2NO3S. The zero-order valence-corrected chi connectivity index (χ0v) is 16.4. The van der Waals surface area contributed by atoms with Crippen molar-refractivity contribution >= 4 is 15.7 Å². The minimum Gasteiger partial charge on any atom is -0.341 e. The van der Waals surface area contributed by atoms with Crippen LogP contribution in [0.2, 0.25) is 0 Å². The van der Waals surface area contributed by atoms with Crippen molar-refractivity contribution in [2.45, 2.75) is 23.6 Å². The van der Waals surface area contributed by atoms with Crippen LogP contribution in [0.4, 0.5) is 8.78 Å². The Morgan fingerprint density at radius 1 is 0.828 bits per heavy atom. The lowest BCUT2D eigenvalue weighted by Gasteiger charge is -2.20. The second-order valence-electron chi connectivity index (χ2n) is 6.56. The number of nitrogens with one attached hydrogen (secondary N) is 1. The molecule has 0 saturated heterocycles. The van der Waals surface area contributed by atoms with E-state index in [1.807, 2.05) is 61.5 Å². The fourth-order valence-corrected chi connectivity index (χ4v) is 3.60. The molecule has 0 aromatic heterocycles. The average Bonchev–Trinajstić information content (AvgIpc) is 2.73. The van der Waals surface area contributed by atoms with Gasteiger partial charge in [0.1, 0.15) is 0 Å². The maximum absolute atomic E-state index is 12.8. The Labute approximate surface area is 168 Å². The smallest absolute Gasteiger partial charge is 0.341 e. The molecule has 0 saturated carbocycles. The van der Waals surface area contributed by atoms with E-state index in [1.165, 1.54) is 12.1 Å². The van der Waals surface area contributed by atoms with Crippen molar-refractivity contribution in [1.29, 1.82) is 0 Å². The fraction of sp³-hybridized carbons (Fsp3) is 0.136. The summed E-state index contributed by atoms with van der Waals surface area (Å²) in [5, 5.41) is 2.93. The Kier molecular flexibility index (Phi) is 6.08. The van der Waals surface area contributed by atoms with Crippen molar-refractivity contribution in [3.63, 3.8) is 0 Å². The molecule has 0 aliphatic carbocycles. The molecule has 0 unspecified atom stereocenters. The summed E-state index contributed by atoms with van der Waals surface area (Å²) in [6.07, 6.45) is 0. The zero-order chi connectivity index (χ0) is 21.0. The summed E-state index contributed by atoms with van der Waals surface area (Å²) in [4.78, 5) is 12.2. The number of rotatable bonds is 6. The summed E-state index contributed by atoms with van der Waals surface area (Å²) in [5.74, 6) is -3.95. The zero-order valence-electron chi connectivity index (χ0n) is 15.5. The summed E-state index contributed by atoms with van der Waals surface area (Å²) >= 11 is 0. The average molecular weight is 415 g/mol. The van der Waals surface area contributed by atoms with E-state index in [9.17, 15) is 22.0 Å². The van der Waals surface area contributed by atoms with Crippen molar-refractivity contribution in [2.24, 2.45) is 0 Å². The molecule has 0 bridgehead atoms. The molecule has 3 aromatic rings. The molecule has 3 aromatic carbocycles. The predicted molar refractivity (Wildman–Crippen MR) is 107 cm³/mol. The van der Waals surface area contributed by atoms with Crippen molar-refractivity contribution in [2.75, 3.05) is 0 Å². The van der Waals surface area contributed by atoms with Crippen LogP contribution >= 0.6 is 0 Å². The molecule has 7 heteroatoms. The van der Waals surface area contributed by atoms with Gasteiger partial charge in [-0.1, -0.05) is 60.2 Å². The van der Waals surface area contributed by atoms with Crippen LogP contribution in [-0.4, -0.2) is 20.1 Å². The van der Waals surface area contributed by atoms with Crippen molar-refractivity contribution < 1.29 is 22.0 Å². The monoisotopic (exact) mass is 415 g/mol. The van der Waals surface area contributed by atoms with Gasteiger partial charge >= 0.3 is 5.76 Å². The van der Waals surface area contributed by atoms with Crippen molar-refractivity contribution in [1.82, 2.24) is 5.32 Å². The highest BCUT2D eigenvalue weighted by molar-refractivity contribution is 7.91. The van der Waals surface area contributed by atoms with Crippen LogP contribution < -0.4 is 5.32 Å². The van der Waals surface area contributed by atoms with E-state index >= 15 is 0 Å². The third-order valence-corrected chi connectivity index (χ3v) is 5.90. The Hall–Kier alpha value is -3.06. The SMILES string of the molecule is Cc1ccc([C@H](NC(=O)c2ccc(S(=O)(=O)C(F)F)cc2)c2ccccc2)cc1. The van der Waals surface area contributed by atoms with E-state index in [0.29, 0.717) is 0 Å². The molecule has 29 heavy (non-hydrogen) atoms. The lowest BCUT2D eigenvalue weighted by Crippen LogP contribution is -2.29. The number of sulfone groups is 1. The Morgan fingerprint density at radius 2 is 1.38 bits per heavy atom. The Balaban J connectivity index is 1.88. The number of carbonyl (C=O) groups is 1. The number of halogens is 2. The predicted octanol–water partition coefficient (Wildman–Crippen LogP) is 4.51.